The lowest BCUT2D eigenvalue weighted by molar-refractivity contribution is -0.209. The van der Waals surface area contributed by atoms with Crippen LogP contribution in [0.15, 0.2) is 0 Å². The van der Waals surface area contributed by atoms with Gasteiger partial charge in [0.25, 0.3) is 0 Å². The second-order valence-corrected chi connectivity index (χ2v) is 9.83. The summed E-state index contributed by atoms with van der Waals surface area (Å²) >= 11 is 0. The summed E-state index contributed by atoms with van der Waals surface area (Å²) in [6.07, 6.45) is -3.09. The molecule has 0 rings (SSSR count). The molecule has 4 atom stereocenters. The lowest BCUT2D eigenvalue weighted by Gasteiger charge is -2.35. The average molecular weight is 603 g/mol. The maximum atomic E-state index is 12.8. The van der Waals surface area contributed by atoms with Gasteiger partial charge in [-0.3, -0.25) is 28.8 Å². The maximum Gasteiger partial charge on any atom is 0.306 e. The molecule has 0 aromatic heterocycles. The summed E-state index contributed by atoms with van der Waals surface area (Å²) in [5, 5.41) is 0. The molecule has 242 valence electrons. The minimum atomic E-state index is -1.57. The topological polar surface area (TPSA) is 158 Å². The molecular formula is C30H50O12. The number of ether oxygens (including phenoxy) is 6. The van der Waals surface area contributed by atoms with Crippen molar-refractivity contribution < 1.29 is 57.2 Å². The fourth-order valence-corrected chi connectivity index (χ4v) is 3.70. The van der Waals surface area contributed by atoms with E-state index in [1.807, 2.05) is 0 Å². The maximum absolute atomic E-state index is 12.8. The number of hydrogen-bond acceptors (Lipinski definition) is 12. The van der Waals surface area contributed by atoms with E-state index >= 15 is 0 Å². The van der Waals surface area contributed by atoms with E-state index in [9.17, 15) is 28.8 Å². The smallest absolute Gasteiger partial charge is 0.306 e. The van der Waals surface area contributed by atoms with Crippen LogP contribution in [0.25, 0.3) is 0 Å². The van der Waals surface area contributed by atoms with Crippen LogP contribution in [0, 0.1) is 0 Å². The van der Waals surface area contributed by atoms with Crippen molar-refractivity contribution >= 4 is 35.8 Å². The van der Waals surface area contributed by atoms with Crippen molar-refractivity contribution in [2.24, 2.45) is 0 Å². The van der Waals surface area contributed by atoms with Crippen LogP contribution in [0.2, 0.25) is 0 Å². The zero-order chi connectivity index (χ0) is 31.9. The number of carbonyl (C=O) groups excluding carboxylic acids is 6. The molecule has 0 fully saturated rings. The Balaban J connectivity index is 6.85. The first kappa shape index (κ1) is 38.8. The van der Waals surface area contributed by atoms with Crippen molar-refractivity contribution in [1.82, 2.24) is 0 Å². The first-order valence-electron chi connectivity index (χ1n) is 15.2. The molecule has 0 aliphatic carbocycles. The van der Waals surface area contributed by atoms with Gasteiger partial charge < -0.3 is 28.4 Å². The van der Waals surface area contributed by atoms with Gasteiger partial charge in [-0.05, 0) is 38.5 Å². The van der Waals surface area contributed by atoms with E-state index in [1.54, 1.807) is 41.5 Å². The summed E-state index contributed by atoms with van der Waals surface area (Å²) in [6, 6.07) is 0. The molecule has 0 saturated heterocycles. The van der Waals surface area contributed by atoms with Gasteiger partial charge in [0.05, 0.1) is 0 Å². The third kappa shape index (κ3) is 16.9. The lowest BCUT2D eigenvalue weighted by Crippen LogP contribution is -2.54. The van der Waals surface area contributed by atoms with Gasteiger partial charge in [0.2, 0.25) is 0 Å². The second-order valence-electron chi connectivity index (χ2n) is 9.83. The molecule has 0 amide bonds. The molecule has 0 aliphatic rings. The van der Waals surface area contributed by atoms with E-state index < -0.39 is 73.4 Å². The molecule has 12 heteroatoms. The molecule has 0 bridgehead atoms. The van der Waals surface area contributed by atoms with Crippen LogP contribution in [-0.2, 0) is 57.2 Å². The van der Waals surface area contributed by atoms with Gasteiger partial charge in [-0.25, -0.2) is 0 Å². The highest BCUT2D eigenvalue weighted by Crippen LogP contribution is 2.23. The number of carbonyl (C=O) groups is 6. The fourth-order valence-electron chi connectivity index (χ4n) is 3.70. The van der Waals surface area contributed by atoms with Crippen molar-refractivity contribution in [3.63, 3.8) is 0 Å². The third-order valence-corrected chi connectivity index (χ3v) is 5.70. The van der Waals surface area contributed by atoms with E-state index in [1.165, 1.54) is 0 Å². The van der Waals surface area contributed by atoms with Crippen molar-refractivity contribution in [2.75, 3.05) is 13.2 Å². The Morgan fingerprint density at radius 2 is 0.619 bits per heavy atom. The van der Waals surface area contributed by atoms with E-state index in [-0.39, 0.29) is 38.5 Å². The first-order valence-corrected chi connectivity index (χ1v) is 15.2. The monoisotopic (exact) mass is 602 g/mol. The van der Waals surface area contributed by atoms with Crippen molar-refractivity contribution in [2.45, 2.75) is 143 Å². The molecule has 0 spiro atoms. The summed E-state index contributed by atoms with van der Waals surface area (Å²) in [7, 11) is 0. The van der Waals surface area contributed by atoms with Crippen LogP contribution in [0.4, 0.5) is 0 Å². The summed E-state index contributed by atoms with van der Waals surface area (Å²) in [5.74, 6) is -3.91. The molecule has 0 saturated carbocycles. The highest BCUT2D eigenvalue weighted by atomic mass is 16.6. The van der Waals surface area contributed by atoms with E-state index in [0.29, 0.717) is 38.5 Å². The van der Waals surface area contributed by atoms with Gasteiger partial charge in [0.15, 0.2) is 24.4 Å². The van der Waals surface area contributed by atoms with Gasteiger partial charge in [-0.15, -0.1) is 0 Å². The molecule has 0 radical (unpaired) electrons. The largest absolute Gasteiger partial charge is 0.462 e. The minimum absolute atomic E-state index is 0.0128. The normalized spacial score (nSPS) is 13.6. The Morgan fingerprint density at radius 3 is 0.881 bits per heavy atom. The number of rotatable bonds is 23. The van der Waals surface area contributed by atoms with E-state index in [2.05, 4.69) is 0 Å². The Morgan fingerprint density at radius 1 is 0.381 bits per heavy atom. The third-order valence-electron chi connectivity index (χ3n) is 5.70. The Hall–Kier alpha value is -3.18. The van der Waals surface area contributed by atoms with Gasteiger partial charge in [0.1, 0.15) is 13.2 Å². The van der Waals surface area contributed by atoms with Crippen LogP contribution < -0.4 is 0 Å². The van der Waals surface area contributed by atoms with E-state index in [0.717, 1.165) is 0 Å². The van der Waals surface area contributed by atoms with Crippen LogP contribution in [0.3, 0.4) is 0 Å². The van der Waals surface area contributed by atoms with Crippen LogP contribution in [-0.4, -0.2) is 73.4 Å². The Labute approximate surface area is 249 Å². The van der Waals surface area contributed by atoms with Crippen molar-refractivity contribution in [3.05, 3.63) is 0 Å². The highest BCUT2D eigenvalue weighted by molar-refractivity contribution is 5.73. The molecule has 0 heterocycles. The average Bonchev–Trinajstić information content (AvgIpc) is 2.92. The van der Waals surface area contributed by atoms with Crippen molar-refractivity contribution in [1.29, 1.82) is 0 Å². The first-order chi connectivity index (χ1) is 20.1. The molecule has 0 aromatic carbocycles. The fraction of sp³-hybridized carbons (Fsp3) is 0.800. The summed E-state index contributed by atoms with van der Waals surface area (Å²) in [5.41, 5.74) is 0. The van der Waals surface area contributed by atoms with Gasteiger partial charge in [-0.2, -0.15) is 0 Å². The summed E-state index contributed by atoms with van der Waals surface area (Å²) in [6.45, 7) is 9.56. The Kier molecular flexibility index (Phi) is 21.6. The molecule has 42 heavy (non-hydrogen) atoms. The minimum Gasteiger partial charge on any atom is -0.462 e. The SMILES string of the molecule is CCCC(=O)OCC(OC(=O)CCC)C(OC(=O)CCC)C(OC(=O)CCC)C(COC(=O)CCC)OC(=O)CCC. The molecule has 0 N–H and O–H groups in total. The molecular weight excluding hydrogens is 552 g/mol. The van der Waals surface area contributed by atoms with Crippen molar-refractivity contribution in [3.8, 4) is 0 Å². The van der Waals surface area contributed by atoms with Gasteiger partial charge in [0, 0.05) is 38.5 Å². The lowest BCUT2D eigenvalue weighted by atomic mass is 10.0. The number of hydrogen-bond donors (Lipinski definition) is 0. The molecule has 0 aliphatic heterocycles. The van der Waals surface area contributed by atoms with Crippen LogP contribution in [0.5, 0.6) is 0 Å². The Bertz CT molecular complexity index is 772. The zero-order valence-electron chi connectivity index (χ0n) is 26.1. The second kappa shape index (κ2) is 23.4. The van der Waals surface area contributed by atoms with Gasteiger partial charge >= 0.3 is 35.8 Å². The zero-order valence-corrected chi connectivity index (χ0v) is 26.1. The molecule has 4 unspecified atom stereocenters. The molecule has 12 nitrogen and oxygen atoms in total. The van der Waals surface area contributed by atoms with E-state index in [4.69, 9.17) is 28.4 Å². The summed E-state index contributed by atoms with van der Waals surface area (Å²) in [4.78, 5) is 75.4. The van der Waals surface area contributed by atoms with Crippen LogP contribution in [0.1, 0.15) is 119 Å². The predicted octanol–water partition coefficient (Wildman–Crippen LogP) is 4.52. The highest BCUT2D eigenvalue weighted by Gasteiger charge is 2.45. The molecule has 0 aromatic rings. The number of esters is 6. The van der Waals surface area contributed by atoms with Gasteiger partial charge in [-0.1, -0.05) is 41.5 Å². The standard InChI is InChI=1S/C30H50O12/c1-7-13-23(31)37-19-21(39-25(33)15-9-3)29(41-27(35)17-11-5)30(42-28(36)18-12-6)22(40-26(34)16-10-4)20-38-24(32)14-8-2/h21-22,29-30H,7-20H2,1-6H3. The summed E-state index contributed by atoms with van der Waals surface area (Å²) < 4.78 is 33.4. The van der Waals surface area contributed by atoms with Crippen LogP contribution >= 0.6 is 0 Å². The predicted molar refractivity (Wildman–Crippen MR) is 151 cm³/mol. The quantitative estimate of drug-likeness (QED) is 0.119.